The largest absolute Gasteiger partial charge is 0.497 e. The molecule has 6 heteroatoms. The summed E-state index contributed by atoms with van der Waals surface area (Å²) < 4.78 is 7.32. The number of carbonyl (C=O) groups is 1. The topological polar surface area (TPSA) is 68.2 Å². The molecule has 0 radical (unpaired) electrons. The van der Waals surface area contributed by atoms with E-state index >= 15 is 0 Å². The highest BCUT2D eigenvalue weighted by atomic mass is 16.5. The Morgan fingerprint density at radius 1 is 1.33 bits per heavy atom. The van der Waals surface area contributed by atoms with E-state index in [1.54, 1.807) is 7.11 Å². The molecule has 0 spiro atoms. The van der Waals surface area contributed by atoms with Crippen LogP contribution >= 0.6 is 0 Å². The van der Waals surface area contributed by atoms with Crippen molar-refractivity contribution in [2.45, 2.75) is 52.6 Å². The van der Waals surface area contributed by atoms with Crippen molar-refractivity contribution in [1.82, 2.24) is 15.1 Å². The molecule has 1 aliphatic rings. The summed E-state index contributed by atoms with van der Waals surface area (Å²) in [6, 6.07) is 9.49. The Morgan fingerprint density at radius 2 is 2.11 bits per heavy atom. The van der Waals surface area contributed by atoms with Crippen molar-refractivity contribution in [3.8, 4) is 5.75 Å². The molecule has 1 aliphatic carbocycles. The zero-order chi connectivity index (χ0) is 19.4. The minimum atomic E-state index is -0.262. The maximum absolute atomic E-state index is 12.7. The van der Waals surface area contributed by atoms with E-state index in [4.69, 9.17) is 4.74 Å². The number of hydrogen-bond acceptors (Lipinski definition) is 4. The first kappa shape index (κ1) is 19.3. The molecule has 2 aromatic rings. The molecule has 1 fully saturated rings. The van der Waals surface area contributed by atoms with Gasteiger partial charge in [-0.25, -0.2) is 0 Å². The number of ether oxygens (including phenoxy) is 1. The maximum atomic E-state index is 12.7. The van der Waals surface area contributed by atoms with Crippen molar-refractivity contribution in [2.24, 2.45) is 5.41 Å². The second kappa shape index (κ2) is 8.03. The summed E-state index contributed by atoms with van der Waals surface area (Å²) in [6.45, 7) is 7.68. The summed E-state index contributed by atoms with van der Waals surface area (Å²) in [7, 11) is 1.64. The van der Waals surface area contributed by atoms with Crippen molar-refractivity contribution in [3.05, 3.63) is 41.7 Å². The number of aryl methyl sites for hydroxylation is 2. The van der Waals surface area contributed by atoms with Gasteiger partial charge < -0.3 is 15.4 Å². The highest BCUT2D eigenvalue weighted by molar-refractivity contribution is 5.84. The van der Waals surface area contributed by atoms with Crippen LogP contribution in [0.2, 0.25) is 0 Å². The molecule has 1 amide bonds. The lowest BCUT2D eigenvalue weighted by Gasteiger charge is -2.21. The summed E-state index contributed by atoms with van der Waals surface area (Å²) in [4.78, 5) is 12.7. The SMILES string of the molecule is CC[C@@H](Nc1cccc(OC)c1)C(=O)NCC1(Cn2nc(C)cc2C)CC1. The Hall–Kier alpha value is -2.50. The quantitative estimate of drug-likeness (QED) is 0.711. The van der Waals surface area contributed by atoms with Gasteiger partial charge in [0.1, 0.15) is 11.8 Å². The van der Waals surface area contributed by atoms with Gasteiger partial charge in [-0.15, -0.1) is 0 Å². The smallest absolute Gasteiger partial charge is 0.242 e. The minimum Gasteiger partial charge on any atom is -0.497 e. The van der Waals surface area contributed by atoms with Crippen molar-refractivity contribution >= 4 is 11.6 Å². The standard InChI is InChI=1S/C21H30N4O2/c1-5-19(23-17-7-6-8-18(12-17)27-4)20(26)22-13-21(9-10-21)14-25-16(3)11-15(2)24-25/h6-8,11-12,19,23H,5,9-10,13-14H2,1-4H3,(H,22,26)/t19-/m1/s1. The van der Waals surface area contributed by atoms with E-state index < -0.39 is 0 Å². The van der Waals surface area contributed by atoms with Crippen LogP contribution in [0.15, 0.2) is 30.3 Å². The molecule has 0 saturated heterocycles. The second-order valence-corrected chi connectivity index (χ2v) is 7.64. The molecule has 1 atom stereocenters. The summed E-state index contributed by atoms with van der Waals surface area (Å²) in [5.41, 5.74) is 3.25. The number of carbonyl (C=O) groups excluding carboxylic acids is 1. The van der Waals surface area contributed by atoms with Crippen LogP contribution in [0.25, 0.3) is 0 Å². The van der Waals surface area contributed by atoms with Crippen LogP contribution in [0, 0.1) is 19.3 Å². The summed E-state index contributed by atoms with van der Waals surface area (Å²) in [5, 5.41) is 11.0. The van der Waals surface area contributed by atoms with Crippen molar-refractivity contribution in [3.63, 3.8) is 0 Å². The first-order valence-corrected chi connectivity index (χ1v) is 9.64. The number of anilines is 1. The van der Waals surface area contributed by atoms with Gasteiger partial charge in [0.05, 0.1) is 12.8 Å². The molecule has 27 heavy (non-hydrogen) atoms. The van der Waals surface area contributed by atoms with Gasteiger partial charge in [0.15, 0.2) is 0 Å². The number of methoxy groups -OCH3 is 1. The molecule has 6 nitrogen and oxygen atoms in total. The van der Waals surface area contributed by atoms with Gasteiger partial charge in [-0.2, -0.15) is 5.10 Å². The Labute approximate surface area is 161 Å². The lowest BCUT2D eigenvalue weighted by molar-refractivity contribution is -0.122. The van der Waals surface area contributed by atoms with Crippen LogP contribution in [0.4, 0.5) is 5.69 Å². The minimum absolute atomic E-state index is 0.0416. The van der Waals surface area contributed by atoms with Gasteiger partial charge in [-0.05, 0) is 51.3 Å². The van der Waals surface area contributed by atoms with Crippen LogP contribution in [-0.2, 0) is 11.3 Å². The van der Waals surface area contributed by atoms with E-state index in [1.165, 1.54) is 5.69 Å². The van der Waals surface area contributed by atoms with E-state index in [0.717, 1.165) is 36.5 Å². The summed E-state index contributed by atoms with van der Waals surface area (Å²) >= 11 is 0. The van der Waals surface area contributed by atoms with Crippen molar-refractivity contribution < 1.29 is 9.53 Å². The third kappa shape index (κ3) is 4.81. The Kier molecular flexibility index (Phi) is 5.73. The molecule has 2 N–H and O–H groups in total. The third-order valence-electron chi connectivity index (χ3n) is 5.32. The molecular formula is C21H30N4O2. The normalized spacial score (nSPS) is 15.9. The van der Waals surface area contributed by atoms with Crippen LogP contribution in [0.3, 0.4) is 0 Å². The Bertz CT molecular complexity index is 795. The number of nitrogens with one attached hydrogen (secondary N) is 2. The number of aromatic nitrogens is 2. The molecule has 1 aromatic carbocycles. The van der Waals surface area contributed by atoms with E-state index in [2.05, 4.69) is 33.4 Å². The van der Waals surface area contributed by atoms with Gasteiger partial charge in [-0.1, -0.05) is 13.0 Å². The van der Waals surface area contributed by atoms with Gasteiger partial charge >= 0.3 is 0 Å². The number of amides is 1. The van der Waals surface area contributed by atoms with Crippen LogP contribution in [-0.4, -0.2) is 35.4 Å². The van der Waals surface area contributed by atoms with Crippen LogP contribution in [0.1, 0.15) is 37.6 Å². The second-order valence-electron chi connectivity index (χ2n) is 7.64. The van der Waals surface area contributed by atoms with Crippen LogP contribution in [0.5, 0.6) is 5.75 Å². The average molecular weight is 370 g/mol. The third-order valence-corrected chi connectivity index (χ3v) is 5.32. The van der Waals surface area contributed by atoms with Crippen molar-refractivity contribution in [1.29, 1.82) is 0 Å². The van der Waals surface area contributed by atoms with Crippen molar-refractivity contribution in [2.75, 3.05) is 19.0 Å². The van der Waals surface area contributed by atoms with E-state index in [9.17, 15) is 4.79 Å². The summed E-state index contributed by atoms with van der Waals surface area (Å²) in [6.07, 6.45) is 2.98. The van der Waals surface area contributed by atoms with Gasteiger partial charge in [0, 0.05) is 36.0 Å². The maximum Gasteiger partial charge on any atom is 0.242 e. The number of nitrogens with zero attached hydrogens (tertiary/aromatic N) is 2. The molecule has 0 unspecified atom stereocenters. The lowest BCUT2D eigenvalue weighted by atomic mass is 10.1. The molecule has 146 valence electrons. The fraction of sp³-hybridized carbons (Fsp3) is 0.524. The molecule has 0 aliphatic heterocycles. The van der Waals surface area contributed by atoms with Gasteiger partial charge in [0.2, 0.25) is 5.91 Å². The van der Waals surface area contributed by atoms with E-state index in [1.807, 2.05) is 38.1 Å². The van der Waals surface area contributed by atoms with E-state index in [0.29, 0.717) is 13.0 Å². The summed E-state index contributed by atoms with van der Waals surface area (Å²) in [5.74, 6) is 0.817. The molecule has 1 heterocycles. The number of rotatable bonds is 9. The highest BCUT2D eigenvalue weighted by Crippen LogP contribution is 2.46. The van der Waals surface area contributed by atoms with Gasteiger partial charge in [0.25, 0.3) is 0 Å². The monoisotopic (exact) mass is 370 g/mol. The first-order valence-electron chi connectivity index (χ1n) is 9.64. The molecule has 0 bridgehead atoms. The first-order chi connectivity index (χ1) is 12.9. The molecular weight excluding hydrogens is 340 g/mol. The molecule has 1 saturated carbocycles. The zero-order valence-electron chi connectivity index (χ0n) is 16.7. The predicted octanol–water partition coefficient (Wildman–Crippen LogP) is 3.30. The molecule has 3 rings (SSSR count). The molecule has 1 aromatic heterocycles. The van der Waals surface area contributed by atoms with E-state index in [-0.39, 0.29) is 17.4 Å². The fourth-order valence-electron chi connectivity index (χ4n) is 3.39. The Morgan fingerprint density at radius 3 is 2.70 bits per heavy atom. The van der Waals surface area contributed by atoms with Gasteiger partial charge in [-0.3, -0.25) is 9.48 Å². The Balaban J connectivity index is 1.56. The average Bonchev–Trinajstić information content (AvgIpc) is 3.35. The zero-order valence-corrected chi connectivity index (χ0v) is 16.7. The van der Waals surface area contributed by atoms with Crippen LogP contribution < -0.4 is 15.4 Å². The predicted molar refractivity (Wildman–Crippen MR) is 107 cm³/mol. The number of hydrogen-bond donors (Lipinski definition) is 2. The highest BCUT2D eigenvalue weighted by Gasteiger charge is 2.43. The number of benzene rings is 1. The fourth-order valence-corrected chi connectivity index (χ4v) is 3.39. The lowest BCUT2D eigenvalue weighted by Crippen LogP contribution is -2.42.